The molecule has 180 valence electrons. The Labute approximate surface area is 206 Å². The standard InChI is InChI=1S/C27H30ClNO4S/c1-2-34(31,32)22-14-11-19(12-15-22)17-27(30)29-20-13-16-23(25(28)18-20)24-9-5-6-10-26(24)33-21-7-3-4-8-21/h5-6,9-16,18,21,27,29-30H,2-4,7-8,17H2,1H3. The average molecular weight is 500 g/mol. The topological polar surface area (TPSA) is 75.6 Å². The van der Waals surface area contributed by atoms with Crippen LogP contribution in [0, 0.1) is 0 Å². The molecule has 1 saturated carbocycles. The Kier molecular flexibility index (Phi) is 7.81. The number of sulfone groups is 1. The lowest BCUT2D eigenvalue weighted by atomic mass is 10.0. The molecule has 3 aromatic rings. The lowest BCUT2D eigenvalue weighted by Crippen LogP contribution is -2.21. The number of hydrogen-bond acceptors (Lipinski definition) is 5. The minimum atomic E-state index is -3.24. The van der Waals surface area contributed by atoms with Crippen LogP contribution in [0.4, 0.5) is 5.69 Å². The predicted octanol–water partition coefficient (Wildman–Crippen LogP) is 6.10. The zero-order valence-electron chi connectivity index (χ0n) is 19.2. The highest BCUT2D eigenvalue weighted by Crippen LogP contribution is 2.38. The average Bonchev–Trinajstić information content (AvgIpc) is 3.33. The number of aliphatic hydroxyl groups is 1. The third-order valence-electron chi connectivity index (χ3n) is 6.17. The molecule has 1 aliphatic rings. The van der Waals surface area contributed by atoms with Gasteiger partial charge in [0.15, 0.2) is 9.84 Å². The van der Waals surface area contributed by atoms with E-state index < -0.39 is 16.1 Å². The Morgan fingerprint density at radius 3 is 2.41 bits per heavy atom. The number of hydrogen-bond donors (Lipinski definition) is 2. The summed E-state index contributed by atoms with van der Waals surface area (Å²) in [7, 11) is -3.24. The summed E-state index contributed by atoms with van der Waals surface area (Å²) in [5, 5.41) is 14.1. The zero-order valence-corrected chi connectivity index (χ0v) is 20.8. The van der Waals surface area contributed by atoms with Crippen LogP contribution in [0.2, 0.25) is 5.02 Å². The molecule has 0 aromatic heterocycles. The van der Waals surface area contributed by atoms with Crippen molar-refractivity contribution in [3.8, 4) is 16.9 Å². The summed E-state index contributed by atoms with van der Waals surface area (Å²) < 4.78 is 30.2. The number of rotatable bonds is 9. The number of halogens is 1. The summed E-state index contributed by atoms with van der Waals surface area (Å²) in [6.45, 7) is 1.62. The molecule has 0 spiro atoms. The number of ether oxygens (including phenoxy) is 1. The van der Waals surface area contributed by atoms with E-state index >= 15 is 0 Å². The van der Waals surface area contributed by atoms with Crippen LogP contribution >= 0.6 is 11.6 Å². The highest BCUT2D eigenvalue weighted by atomic mass is 35.5. The van der Waals surface area contributed by atoms with Gasteiger partial charge in [-0.15, -0.1) is 0 Å². The van der Waals surface area contributed by atoms with E-state index in [4.69, 9.17) is 16.3 Å². The molecule has 0 aliphatic heterocycles. The van der Waals surface area contributed by atoms with Gasteiger partial charge >= 0.3 is 0 Å². The van der Waals surface area contributed by atoms with E-state index in [2.05, 4.69) is 5.32 Å². The van der Waals surface area contributed by atoms with Crippen LogP contribution in [0.3, 0.4) is 0 Å². The van der Waals surface area contributed by atoms with Gasteiger partial charge in [0.05, 0.1) is 21.8 Å². The molecule has 1 fully saturated rings. The van der Waals surface area contributed by atoms with Crippen molar-refractivity contribution in [2.24, 2.45) is 0 Å². The number of para-hydroxylation sites is 1. The van der Waals surface area contributed by atoms with Gasteiger partial charge in [0.25, 0.3) is 0 Å². The van der Waals surface area contributed by atoms with Gasteiger partial charge in [0.1, 0.15) is 12.0 Å². The van der Waals surface area contributed by atoms with Gasteiger partial charge in [-0.2, -0.15) is 0 Å². The van der Waals surface area contributed by atoms with E-state index in [0.29, 0.717) is 22.0 Å². The molecule has 2 N–H and O–H groups in total. The predicted molar refractivity (Wildman–Crippen MR) is 137 cm³/mol. The van der Waals surface area contributed by atoms with Crippen molar-refractivity contribution < 1.29 is 18.3 Å². The second-order valence-corrected chi connectivity index (χ2v) is 11.3. The minimum Gasteiger partial charge on any atom is -0.490 e. The van der Waals surface area contributed by atoms with Gasteiger partial charge in [-0.25, -0.2) is 8.42 Å². The molecule has 7 heteroatoms. The van der Waals surface area contributed by atoms with Crippen molar-refractivity contribution in [2.75, 3.05) is 11.1 Å². The van der Waals surface area contributed by atoms with Gasteiger partial charge in [0.2, 0.25) is 0 Å². The summed E-state index contributed by atoms with van der Waals surface area (Å²) in [5.41, 5.74) is 3.35. The maximum absolute atomic E-state index is 12.0. The van der Waals surface area contributed by atoms with Crippen molar-refractivity contribution in [3.05, 3.63) is 77.3 Å². The largest absolute Gasteiger partial charge is 0.490 e. The van der Waals surface area contributed by atoms with Crippen LogP contribution in [0.1, 0.15) is 38.2 Å². The molecule has 1 atom stereocenters. The van der Waals surface area contributed by atoms with Crippen molar-refractivity contribution in [1.29, 1.82) is 0 Å². The lowest BCUT2D eigenvalue weighted by molar-refractivity contribution is 0.204. The molecule has 0 radical (unpaired) electrons. The monoisotopic (exact) mass is 499 g/mol. The van der Waals surface area contributed by atoms with Crippen LogP contribution in [-0.4, -0.2) is 31.6 Å². The quantitative estimate of drug-likeness (QED) is 0.348. The highest BCUT2D eigenvalue weighted by Gasteiger charge is 2.19. The SMILES string of the molecule is CCS(=O)(=O)c1ccc(CC(O)Nc2ccc(-c3ccccc3OC3CCCC3)c(Cl)c2)cc1. The first-order valence-corrected chi connectivity index (χ1v) is 13.7. The van der Waals surface area contributed by atoms with Gasteiger partial charge in [0, 0.05) is 23.2 Å². The normalized spacial score (nSPS) is 15.3. The van der Waals surface area contributed by atoms with Crippen molar-refractivity contribution in [3.63, 3.8) is 0 Å². The summed E-state index contributed by atoms with van der Waals surface area (Å²) in [4.78, 5) is 0.292. The third-order valence-corrected chi connectivity index (χ3v) is 8.23. The third kappa shape index (κ3) is 5.93. The molecule has 34 heavy (non-hydrogen) atoms. The molecule has 5 nitrogen and oxygen atoms in total. The minimum absolute atomic E-state index is 0.0600. The smallest absolute Gasteiger partial charge is 0.178 e. The van der Waals surface area contributed by atoms with E-state index in [1.165, 1.54) is 12.8 Å². The molecule has 1 aliphatic carbocycles. The fourth-order valence-corrected chi connectivity index (χ4v) is 5.43. The fourth-order valence-electron chi connectivity index (χ4n) is 4.27. The summed E-state index contributed by atoms with van der Waals surface area (Å²) in [6, 6.07) is 20.2. The highest BCUT2D eigenvalue weighted by molar-refractivity contribution is 7.91. The van der Waals surface area contributed by atoms with Crippen LogP contribution < -0.4 is 10.1 Å². The fraction of sp³-hybridized carbons (Fsp3) is 0.333. The molecule has 0 saturated heterocycles. The van der Waals surface area contributed by atoms with Crippen LogP contribution in [0.5, 0.6) is 5.75 Å². The molecule has 0 heterocycles. The first-order chi connectivity index (χ1) is 16.4. The van der Waals surface area contributed by atoms with E-state index in [0.717, 1.165) is 35.3 Å². The summed E-state index contributed by atoms with van der Waals surface area (Å²) in [5.74, 6) is 0.898. The Bertz CT molecular complexity index is 1220. The van der Waals surface area contributed by atoms with E-state index in [1.54, 1.807) is 37.3 Å². The summed E-state index contributed by atoms with van der Waals surface area (Å²) in [6.07, 6.45) is 4.31. The molecule has 4 rings (SSSR count). The first kappa shape index (κ1) is 24.6. The van der Waals surface area contributed by atoms with Gasteiger partial charge < -0.3 is 15.2 Å². The first-order valence-electron chi connectivity index (χ1n) is 11.7. The number of anilines is 1. The van der Waals surface area contributed by atoms with Crippen LogP contribution in [0.25, 0.3) is 11.1 Å². The molecular weight excluding hydrogens is 470 g/mol. The van der Waals surface area contributed by atoms with E-state index in [1.807, 2.05) is 36.4 Å². The molecule has 1 unspecified atom stereocenters. The van der Waals surface area contributed by atoms with Gasteiger partial charge in [-0.05, 0) is 61.6 Å². The second kappa shape index (κ2) is 10.8. The summed E-state index contributed by atoms with van der Waals surface area (Å²) >= 11 is 6.64. The lowest BCUT2D eigenvalue weighted by Gasteiger charge is -2.18. The number of nitrogens with one attached hydrogen (secondary N) is 1. The van der Waals surface area contributed by atoms with Crippen LogP contribution in [-0.2, 0) is 16.3 Å². The number of aliphatic hydroxyl groups excluding tert-OH is 1. The molecule has 0 bridgehead atoms. The van der Waals surface area contributed by atoms with Crippen molar-refractivity contribution >= 4 is 27.1 Å². The zero-order chi connectivity index (χ0) is 24.1. The van der Waals surface area contributed by atoms with Gasteiger partial charge in [-0.1, -0.05) is 54.9 Å². The Hall–Kier alpha value is -2.54. The van der Waals surface area contributed by atoms with Gasteiger partial charge in [-0.3, -0.25) is 0 Å². The van der Waals surface area contributed by atoms with Crippen molar-refractivity contribution in [1.82, 2.24) is 0 Å². The molecule has 3 aromatic carbocycles. The van der Waals surface area contributed by atoms with E-state index in [9.17, 15) is 13.5 Å². The molecular formula is C27H30ClNO4S. The maximum Gasteiger partial charge on any atom is 0.178 e. The Morgan fingerprint density at radius 1 is 1.03 bits per heavy atom. The number of benzene rings is 3. The Balaban J connectivity index is 1.44. The maximum atomic E-state index is 12.0. The van der Waals surface area contributed by atoms with Crippen LogP contribution in [0.15, 0.2) is 71.6 Å². The van der Waals surface area contributed by atoms with E-state index in [-0.39, 0.29) is 11.9 Å². The van der Waals surface area contributed by atoms with Crippen molar-refractivity contribution in [2.45, 2.75) is 56.3 Å². The molecule has 0 amide bonds. The Morgan fingerprint density at radius 2 is 1.74 bits per heavy atom. The second-order valence-electron chi connectivity index (χ2n) is 8.63.